The van der Waals surface area contributed by atoms with Crippen LogP contribution in [0.4, 0.5) is 8.78 Å². The molecule has 6 heteroatoms. The van der Waals surface area contributed by atoms with Crippen LogP contribution < -0.4 is 0 Å². The number of rotatable bonds is 4. The van der Waals surface area contributed by atoms with E-state index in [0.29, 0.717) is 10.9 Å². The zero-order chi connectivity index (χ0) is 23.7. The molecule has 0 atom stereocenters. The second kappa shape index (κ2) is 9.26. The van der Waals surface area contributed by atoms with Gasteiger partial charge >= 0.3 is 5.97 Å². The normalized spacial score (nSPS) is 17.1. The molecule has 4 rings (SSSR count). The van der Waals surface area contributed by atoms with Gasteiger partial charge in [0, 0.05) is 5.39 Å². The summed E-state index contributed by atoms with van der Waals surface area (Å²) >= 11 is 0. The molecular formula is C26H33F2NO3. The summed E-state index contributed by atoms with van der Waals surface area (Å²) in [7, 11) is 1.38. The highest BCUT2D eigenvalue weighted by Crippen LogP contribution is 2.57. The molecule has 0 amide bonds. The predicted molar refractivity (Wildman–Crippen MR) is 123 cm³/mol. The van der Waals surface area contributed by atoms with E-state index < -0.39 is 12.0 Å². The third-order valence-corrected chi connectivity index (χ3v) is 6.10. The number of hydrogen-bond donors (Lipinski definition) is 1. The van der Waals surface area contributed by atoms with Crippen molar-refractivity contribution in [2.24, 2.45) is 5.41 Å². The standard InChI is InChI=1S/C22H23F2NO2.C4H10O/c1-13-11-18-15(3-4-17(25-18)21(23)24)20(16(13)12-19(26)27-2)14-5-7-22(8-6-14)9-10-22;1-4(2,3)5/h3-5,11,21H,6-10,12H2,1-2H3;5H,1-3H3. The molecule has 1 N–H and O–H groups in total. The van der Waals surface area contributed by atoms with E-state index in [-0.39, 0.29) is 18.1 Å². The van der Waals surface area contributed by atoms with Gasteiger partial charge in [0.1, 0.15) is 5.69 Å². The van der Waals surface area contributed by atoms with Crippen LogP contribution >= 0.6 is 0 Å². The fourth-order valence-corrected chi connectivity index (χ4v) is 4.20. The number of aliphatic hydroxyl groups is 1. The lowest BCUT2D eigenvalue weighted by Gasteiger charge is -2.25. The molecule has 0 bridgehead atoms. The number of aryl methyl sites for hydroxylation is 1. The van der Waals surface area contributed by atoms with Gasteiger partial charge in [-0.15, -0.1) is 0 Å². The highest BCUT2D eigenvalue weighted by molar-refractivity contribution is 5.96. The van der Waals surface area contributed by atoms with Crippen molar-refractivity contribution in [3.05, 3.63) is 46.7 Å². The fourth-order valence-electron chi connectivity index (χ4n) is 4.20. The number of benzene rings is 1. The maximum Gasteiger partial charge on any atom is 0.310 e. The molecule has 2 aliphatic rings. The van der Waals surface area contributed by atoms with E-state index in [1.165, 1.54) is 31.6 Å². The molecular weight excluding hydrogens is 412 g/mol. The number of allylic oxidation sites excluding steroid dienone is 2. The molecule has 1 aromatic heterocycles. The number of esters is 1. The van der Waals surface area contributed by atoms with Crippen molar-refractivity contribution in [3.8, 4) is 0 Å². The van der Waals surface area contributed by atoms with Crippen molar-refractivity contribution in [2.75, 3.05) is 7.11 Å². The molecule has 1 aromatic carbocycles. The van der Waals surface area contributed by atoms with E-state index in [4.69, 9.17) is 9.84 Å². The topological polar surface area (TPSA) is 59.4 Å². The molecule has 174 valence electrons. The van der Waals surface area contributed by atoms with Crippen molar-refractivity contribution in [1.82, 2.24) is 4.98 Å². The van der Waals surface area contributed by atoms with Crippen LogP contribution in [0.3, 0.4) is 0 Å². The molecule has 2 aliphatic carbocycles. The Balaban J connectivity index is 0.000000523. The maximum atomic E-state index is 13.1. The van der Waals surface area contributed by atoms with Crippen molar-refractivity contribution in [3.63, 3.8) is 0 Å². The molecule has 2 aromatic rings. The van der Waals surface area contributed by atoms with E-state index in [2.05, 4.69) is 11.1 Å². The summed E-state index contributed by atoms with van der Waals surface area (Å²) in [6.07, 6.45) is 5.59. The Morgan fingerprint density at radius 3 is 2.41 bits per heavy atom. The van der Waals surface area contributed by atoms with Gasteiger partial charge < -0.3 is 9.84 Å². The Morgan fingerprint density at radius 1 is 1.25 bits per heavy atom. The number of methoxy groups -OCH3 is 1. The number of carbonyl (C=O) groups excluding carboxylic acids is 1. The number of pyridine rings is 1. The monoisotopic (exact) mass is 445 g/mol. The highest BCUT2D eigenvalue weighted by Gasteiger charge is 2.43. The summed E-state index contributed by atoms with van der Waals surface area (Å²) in [6, 6.07) is 4.91. The van der Waals surface area contributed by atoms with Crippen LogP contribution in [-0.4, -0.2) is 28.8 Å². The Hall–Kier alpha value is -2.34. The van der Waals surface area contributed by atoms with E-state index in [9.17, 15) is 13.6 Å². The average Bonchev–Trinajstić information content (AvgIpc) is 3.46. The van der Waals surface area contributed by atoms with Crippen molar-refractivity contribution in [1.29, 1.82) is 0 Å². The molecule has 0 aliphatic heterocycles. The van der Waals surface area contributed by atoms with Gasteiger partial charge in [0.05, 0.1) is 24.6 Å². The number of alkyl halides is 2. The summed E-state index contributed by atoms with van der Waals surface area (Å²) < 4.78 is 31.1. The Morgan fingerprint density at radius 2 is 1.91 bits per heavy atom. The summed E-state index contributed by atoms with van der Waals surface area (Å²) in [5.41, 5.74) is 4.32. The van der Waals surface area contributed by atoms with E-state index >= 15 is 0 Å². The van der Waals surface area contributed by atoms with Crippen LogP contribution in [0.5, 0.6) is 0 Å². The second-order valence-electron chi connectivity index (χ2n) is 10.0. The zero-order valence-electron chi connectivity index (χ0n) is 19.6. The SMILES string of the molecule is CC(C)(C)O.COC(=O)Cc1c(C)cc2nc(C(F)F)ccc2c1C1=CCC2(CC1)CC2. The minimum atomic E-state index is -2.60. The molecule has 4 nitrogen and oxygen atoms in total. The number of hydrogen-bond acceptors (Lipinski definition) is 4. The first-order chi connectivity index (χ1) is 14.9. The lowest BCUT2D eigenvalue weighted by atomic mass is 9.80. The first-order valence-electron chi connectivity index (χ1n) is 11.1. The zero-order valence-corrected chi connectivity index (χ0v) is 19.6. The lowest BCUT2D eigenvalue weighted by molar-refractivity contribution is -0.139. The van der Waals surface area contributed by atoms with Crippen LogP contribution in [0.25, 0.3) is 16.5 Å². The molecule has 32 heavy (non-hydrogen) atoms. The molecule has 1 heterocycles. The van der Waals surface area contributed by atoms with Gasteiger partial charge in [-0.2, -0.15) is 0 Å². The number of aromatic nitrogens is 1. The van der Waals surface area contributed by atoms with Gasteiger partial charge in [-0.05, 0) is 99.6 Å². The van der Waals surface area contributed by atoms with Crippen molar-refractivity contribution < 1.29 is 23.4 Å². The molecule has 1 spiro atoms. The first kappa shape index (κ1) is 24.3. The van der Waals surface area contributed by atoms with E-state index in [1.807, 2.05) is 6.92 Å². The van der Waals surface area contributed by atoms with Gasteiger partial charge in [-0.25, -0.2) is 13.8 Å². The largest absolute Gasteiger partial charge is 0.469 e. The highest BCUT2D eigenvalue weighted by atomic mass is 19.3. The minimum absolute atomic E-state index is 0.173. The third kappa shape index (κ3) is 5.91. The summed E-state index contributed by atoms with van der Waals surface area (Å²) in [4.78, 5) is 16.2. The van der Waals surface area contributed by atoms with Crippen LogP contribution in [0.2, 0.25) is 0 Å². The van der Waals surface area contributed by atoms with E-state index in [1.54, 1.807) is 32.9 Å². The van der Waals surface area contributed by atoms with E-state index in [0.717, 1.165) is 41.3 Å². The quantitative estimate of drug-likeness (QED) is 0.560. The Kier molecular flexibility index (Phi) is 7.03. The summed E-state index contributed by atoms with van der Waals surface area (Å²) in [6.45, 7) is 7.14. The number of nitrogens with zero attached hydrogens (tertiary/aromatic N) is 1. The van der Waals surface area contributed by atoms with Crippen LogP contribution in [0, 0.1) is 12.3 Å². The fraction of sp³-hybridized carbons (Fsp3) is 0.538. The van der Waals surface area contributed by atoms with Crippen molar-refractivity contribution in [2.45, 2.75) is 78.2 Å². The van der Waals surface area contributed by atoms with Crippen LogP contribution in [0.15, 0.2) is 24.3 Å². The van der Waals surface area contributed by atoms with Crippen molar-refractivity contribution >= 4 is 22.4 Å². The predicted octanol–water partition coefficient (Wildman–Crippen LogP) is 6.32. The molecule has 0 saturated heterocycles. The third-order valence-electron chi connectivity index (χ3n) is 6.10. The average molecular weight is 446 g/mol. The second-order valence-corrected chi connectivity index (χ2v) is 10.0. The maximum absolute atomic E-state index is 13.1. The minimum Gasteiger partial charge on any atom is -0.469 e. The number of fused-ring (bicyclic) bond motifs is 1. The molecule has 1 fully saturated rings. The first-order valence-corrected chi connectivity index (χ1v) is 11.1. The van der Waals surface area contributed by atoms with Gasteiger partial charge in [-0.1, -0.05) is 12.1 Å². The van der Waals surface area contributed by atoms with Crippen LogP contribution in [0.1, 0.15) is 81.7 Å². The Bertz CT molecular complexity index is 1030. The molecule has 0 radical (unpaired) electrons. The summed E-state index contributed by atoms with van der Waals surface area (Å²) in [5, 5.41) is 9.36. The van der Waals surface area contributed by atoms with Gasteiger partial charge in [0.25, 0.3) is 6.43 Å². The lowest BCUT2D eigenvalue weighted by Crippen LogP contribution is -2.12. The number of halogens is 2. The smallest absolute Gasteiger partial charge is 0.310 e. The summed E-state index contributed by atoms with van der Waals surface area (Å²) in [5.74, 6) is -0.300. The Labute approximate surface area is 188 Å². The van der Waals surface area contributed by atoms with Gasteiger partial charge in [-0.3, -0.25) is 4.79 Å². The van der Waals surface area contributed by atoms with Crippen LogP contribution in [-0.2, 0) is 16.0 Å². The number of ether oxygens (including phenoxy) is 1. The molecule has 0 unspecified atom stereocenters. The number of carbonyl (C=O) groups is 1. The van der Waals surface area contributed by atoms with Gasteiger partial charge in [0.2, 0.25) is 0 Å². The van der Waals surface area contributed by atoms with Gasteiger partial charge in [0.15, 0.2) is 0 Å². The molecule has 1 saturated carbocycles.